The Kier molecular flexibility index (Phi) is 6.54. The van der Waals surface area contributed by atoms with Gasteiger partial charge in [-0.05, 0) is 43.3 Å². The fourth-order valence-electron chi connectivity index (χ4n) is 2.10. The molecule has 0 aromatic heterocycles. The summed E-state index contributed by atoms with van der Waals surface area (Å²) in [5, 5.41) is 2.32. The monoisotopic (exact) mass is 361 g/mol. The highest BCUT2D eigenvalue weighted by Gasteiger charge is 2.19. The van der Waals surface area contributed by atoms with Gasteiger partial charge in [-0.2, -0.15) is 0 Å². The number of hydrogen-bond acceptors (Lipinski definition) is 4. The van der Waals surface area contributed by atoms with E-state index >= 15 is 0 Å². The first kappa shape index (κ1) is 19.2. The molecule has 136 valence electrons. The van der Waals surface area contributed by atoms with Crippen LogP contribution in [-0.4, -0.2) is 23.8 Å². The summed E-state index contributed by atoms with van der Waals surface area (Å²) in [4.78, 5) is 35.6. The molecule has 2 aromatic carbocycles. The number of amides is 1. The number of anilines is 1. The van der Waals surface area contributed by atoms with Crippen molar-refractivity contribution < 1.29 is 27.9 Å². The predicted octanol–water partition coefficient (Wildman–Crippen LogP) is 3.50. The smallest absolute Gasteiger partial charge is 0.307 e. The lowest BCUT2D eigenvalue weighted by Crippen LogP contribution is -2.30. The van der Waals surface area contributed by atoms with Gasteiger partial charge in [-0.15, -0.1) is 0 Å². The second-order valence-electron chi connectivity index (χ2n) is 5.53. The fraction of sp³-hybridized carbons (Fsp3) is 0.211. The number of rotatable bonds is 7. The summed E-state index contributed by atoms with van der Waals surface area (Å²) in [6.07, 6.45) is -1.51. The van der Waals surface area contributed by atoms with Crippen LogP contribution in [0.2, 0.25) is 0 Å². The maximum atomic E-state index is 13.5. The van der Waals surface area contributed by atoms with Gasteiger partial charge in [0.1, 0.15) is 11.6 Å². The molecule has 0 aliphatic rings. The summed E-state index contributed by atoms with van der Waals surface area (Å²) in [5.74, 6) is -2.84. The molecule has 0 saturated heterocycles. The first-order valence-electron chi connectivity index (χ1n) is 7.90. The highest BCUT2D eigenvalue weighted by Crippen LogP contribution is 2.13. The van der Waals surface area contributed by atoms with E-state index in [9.17, 15) is 23.2 Å². The van der Waals surface area contributed by atoms with Crippen LogP contribution in [0.1, 0.15) is 30.1 Å². The molecule has 0 bridgehead atoms. The van der Waals surface area contributed by atoms with Crippen LogP contribution in [0.3, 0.4) is 0 Å². The molecular formula is C19H17F2NO4. The van der Waals surface area contributed by atoms with Crippen LogP contribution in [-0.2, 0) is 14.3 Å². The quantitative estimate of drug-likeness (QED) is 0.605. The molecule has 1 atom stereocenters. The van der Waals surface area contributed by atoms with Crippen molar-refractivity contribution in [2.45, 2.75) is 25.9 Å². The van der Waals surface area contributed by atoms with Crippen molar-refractivity contribution in [1.29, 1.82) is 0 Å². The molecule has 5 nitrogen and oxygen atoms in total. The minimum Gasteiger partial charge on any atom is -0.453 e. The fourth-order valence-corrected chi connectivity index (χ4v) is 2.10. The van der Waals surface area contributed by atoms with Crippen molar-refractivity contribution in [3.63, 3.8) is 0 Å². The third-order valence-corrected chi connectivity index (χ3v) is 3.53. The van der Waals surface area contributed by atoms with Crippen LogP contribution in [0.5, 0.6) is 0 Å². The molecule has 2 rings (SSSR count). The molecule has 0 fully saturated rings. The SMILES string of the molecule is C[C@@H](OC(=O)CCC(=O)c1ccc(F)cc1)C(=O)Nc1ccccc1F. The molecule has 0 spiro atoms. The third kappa shape index (κ3) is 5.47. The Balaban J connectivity index is 1.81. The van der Waals surface area contributed by atoms with Crippen molar-refractivity contribution in [2.24, 2.45) is 0 Å². The standard InChI is InChI=1S/C19H17F2NO4/c1-12(19(25)22-16-5-3-2-4-15(16)21)26-18(24)11-10-17(23)13-6-8-14(20)9-7-13/h2-9,12H,10-11H2,1H3,(H,22,25)/t12-/m1/s1. The third-order valence-electron chi connectivity index (χ3n) is 3.53. The van der Waals surface area contributed by atoms with Gasteiger partial charge in [-0.1, -0.05) is 12.1 Å². The lowest BCUT2D eigenvalue weighted by Gasteiger charge is -2.13. The summed E-state index contributed by atoms with van der Waals surface area (Å²) in [6, 6.07) is 10.6. The first-order valence-corrected chi connectivity index (χ1v) is 7.90. The van der Waals surface area contributed by atoms with E-state index in [0.717, 1.165) is 12.1 Å². The van der Waals surface area contributed by atoms with Gasteiger partial charge in [0.15, 0.2) is 11.9 Å². The molecule has 7 heteroatoms. The Morgan fingerprint density at radius 3 is 2.31 bits per heavy atom. The van der Waals surface area contributed by atoms with Crippen molar-refractivity contribution in [3.05, 3.63) is 65.7 Å². The average Bonchev–Trinajstić information content (AvgIpc) is 2.62. The van der Waals surface area contributed by atoms with Gasteiger partial charge in [0.2, 0.25) is 0 Å². The van der Waals surface area contributed by atoms with E-state index in [1.165, 1.54) is 37.3 Å². The van der Waals surface area contributed by atoms with Gasteiger partial charge in [0, 0.05) is 12.0 Å². The Labute approximate surface area is 149 Å². The minimum absolute atomic E-state index is 0.0214. The first-order chi connectivity index (χ1) is 12.4. The van der Waals surface area contributed by atoms with Gasteiger partial charge < -0.3 is 10.1 Å². The van der Waals surface area contributed by atoms with Gasteiger partial charge >= 0.3 is 5.97 Å². The average molecular weight is 361 g/mol. The number of ether oxygens (including phenoxy) is 1. The molecule has 0 saturated carbocycles. The molecule has 0 aliphatic carbocycles. The zero-order valence-corrected chi connectivity index (χ0v) is 14.0. The van der Waals surface area contributed by atoms with Crippen molar-refractivity contribution in [3.8, 4) is 0 Å². The Bertz CT molecular complexity index is 805. The Morgan fingerprint density at radius 2 is 1.65 bits per heavy atom. The summed E-state index contributed by atoms with van der Waals surface area (Å²) in [6.45, 7) is 1.34. The minimum atomic E-state index is -1.15. The lowest BCUT2D eigenvalue weighted by atomic mass is 10.1. The van der Waals surface area contributed by atoms with Crippen molar-refractivity contribution >= 4 is 23.3 Å². The summed E-state index contributed by atoms with van der Waals surface area (Å²) in [7, 11) is 0. The molecule has 0 unspecified atom stereocenters. The van der Waals surface area contributed by atoms with E-state index in [0.29, 0.717) is 0 Å². The highest BCUT2D eigenvalue weighted by atomic mass is 19.1. The molecule has 0 aliphatic heterocycles. The van der Waals surface area contributed by atoms with Gasteiger partial charge in [0.25, 0.3) is 5.91 Å². The number of para-hydroxylation sites is 1. The van der Waals surface area contributed by atoms with E-state index in [2.05, 4.69) is 5.32 Å². The second-order valence-corrected chi connectivity index (χ2v) is 5.53. The predicted molar refractivity (Wildman–Crippen MR) is 90.5 cm³/mol. The Hall–Kier alpha value is -3.09. The largest absolute Gasteiger partial charge is 0.453 e. The number of nitrogens with one attached hydrogen (secondary N) is 1. The topological polar surface area (TPSA) is 72.5 Å². The van der Waals surface area contributed by atoms with Crippen LogP contribution < -0.4 is 5.32 Å². The van der Waals surface area contributed by atoms with E-state index in [4.69, 9.17) is 4.74 Å². The van der Waals surface area contributed by atoms with E-state index < -0.39 is 29.6 Å². The summed E-state index contributed by atoms with van der Waals surface area (Å²) < 4.78 is 31.2. The molecule has 1 N–H and O–H groups in total. The van der Waals surface area contributed by atoms with Crippen LogP contribution in [0.25, 0.3) is 0 Å². The summed E-state index contributed by atoms with van der Waals surface area (Å²) >= 11 is 0. The number of esters is 1. The number of halogens is 2. The zero-order chi connectivity index (χ0) is 19.1. The van der Waals surface area contributed by atoms with E-state index in [1.54, 1.807) is 6.07 Å². The molecule has 2 aromatic rings. The summed E-state index contributed by atoms with van der Waals surface area (Å²) in [5.41, 5.74) is 0.261. The van der Waals surface area contributed by atoms with Crippen LogP contribution in [0, 0.1) is 11.6 Å². The van der Waals surface area contributed by atoms with Gasteiger partial charge in [-0.3, -0.25) is 14.4 Å². The van der Waals surface area contributed by atoms with Crippen molar-refractivity contribution in [1.82, 2.24) is 0 Å². The normalized spacial score (nSPS) is 11.5. The number of benzene rings is 2. The molecular weight excluding hydrogens is 344 g/mol. The van der Waals surface area contributed by atoms with Crippen LogP contribution >= 0.6 is 0 Å². The molecule has 0 radical (unpaired) electrons. The lowest BCUT2D eigenvalue weighted by molar-refractivity contribution is -0.153. The van der Waals surface area contributed by atoms with Crippen LogP contribution in [0.15, 0.2) is 48.5 Å². The number of Topliss-reactive ketones (excluding diaryl/α,β-unsaturated/α-hetero) is 1. The van der Waals surface area contributed by atoms with Gasteiger partial charge in [0.05, 0.1) is 12.1 Å². The van der Waals surface area contributed by atoms with Gasteiger partial charge in [-0.25, -0.2) is 8.78 Å². The van der Waals surface area contributed by atoms with E-state index in [1.807, 2.05) is 0 Å². The number of ketones is 1. The highest BCUT2D eigenvalue weighted by molar-refractivity contribution is 5.98. The molecule has 26 heavy (non-hydrogen) atoms. The number of carbonyl (C=O) groups excluding carboxylic acids is 3. The van der Waals surface area contributed by atoms with Crippen molar-refractivity contribution in [2.75, 3.05) is 5.32 Å². The Morgan fingerprint density at radius 1 is 1.00 bits per heavy atom. The number of hydrogen-bond donors (Lipinski definition) is 1. The molecule has 0 heterocycles. The van der Waals surface area contributed by atoms with E-state index in [-0.39, 0.29) is 29.9 Å². The molecule has 1 amide bonds. The van der Waals surface area contributed by atoms with Crippen LogP contribution in [0.4, 0.5) is 14.5 Å². The maximum Gasteiger partial charge on any atom is 0.307 e. The zero-order valence-electron chi connectivity index (χ0n) is 14.0. The maximum absolute atomic E-state index is 13.5. The number of carbonyl (C=O) groups is 3. The second kappa shape index (κ2) is 8.84.